The fourth-order valence-corrected chi connectivity index (χ4v) is 2.36. The topological polar surface area (TPSA) is 73.0 Å². The summed E-state index contributed by atoms with van der Waals surface area (Å²) in [5.41, 5.74) is 7.34. The van der Waals surface area contributed by atoms with Crippen LogP contribution in [-0.4, -0.2) is 24.4 Å². The van der Waals surface area contributed by atoms with Crippen molar-refractivity contribution in [1.29, 1.82) is 0 Å². The number of nitrogens with two attached hydrogens (primary N) is 1. The van der Waals surface area contributed by atoms with Crippen molar-refractivity contribution in [1.82, 2.24) is 4.98 Å². The van der Waals surface area contributed by atoms with Gasteiger partial charge in [0.2, 0.25) is 0 Å². The van der Waals surface area contributed by atoms with Crippen LogP contribution in [0.25, 0.3) is 0 Å². The number of nitrogen functional groups attached to an aromatic ring is 1. The molecule has 0 unspecified atom stereocenters. The van der Waals surface area contributed by atoms with Crippen LogP contribution in [0, 0.1) is 0 Å². The van der Waals surface area contributed by atoms with Gasteiger partial charge in [-0.25, -0.2) is 8.42 Å². The summed E-state index contributed by atoms with van der Waals surface area (Å²) in [6, 6.07) is 1.73. The number of nitrogens with zero attached hydrogens (tertiary/aromatic N) is 1. The molecule has 0 aromatic carbocycles. The average Bonchev–Trinajstić information content (AvgIpc) is 2.20. The molecule has 90 valence electrons. The Hall–Kier alpha value is -1.10. The number of sulfone groups is 1. The summed E-state index contributed by atoms with van der Waals surface area (Å²) in [5.74, 6) is 0.207. The van der Waals surface area contributed by atoms with Crippen molar-refractivity contribution >= 4 is 15.5 Å². The maximum atomic E-state index is 11.6. The Morgan fingerprint density at radius 2 is 2.12 bits per heavy atom. The summed E-state index contributed by atoms with van der Waals surface area (Å²) in [6.45, 7) is 3.40. The molecule has 0 spiro atoms. The van der Waals surface area contributed by atoms with Gasteiger partial charge in [-0.1, -0.05) is 0 Å². The van der Waals surface area contributed by atoms with Crippen molar-refractivity contribution in [2.24, 2.45) is 0 Å². The molecular formula is C11H18N2O2S. The largest absolute Gasteiger partial charge is 0.398 e. The third-order valence-corrected chi connectivity index (χ3v) is 4.83. The molecule has 1 heterocycles. The minimum absolute atomic E-state index is 0.207. The van der Waals surface area contributed by atoms with Crippen molar-refractivity contribution in [3.8, 4) is 0 Å². The highest BCUT2D eigenvalue weighted by atomic mass is 32.2. The summed E-state index contributed by atoms with van der Waals surface area (Å²) in [7, 11) is -2.94. The van der Waals surface area contributed by atoms with E-state index < -0.39 is 9.84 Å². The molecule has 0 saturated carbocycles. The molecule has 1 aromatic heterocycles. The van der Waals surface area contributed by atoms with Crippen molar-refractivity contribution in [2.75, 3.05) is 11.5 Å². The zero-order valence-electron chi connectivity index (χ0n) is 9.68. The SMILES string of the molecule is CC(C)S(=O)(=O)CCCc1cnccc1N. The molecule has 0 radical (unpaired) electrons. The standard InChI is InChI=1S/C11H18N2O2S/c1-9(2)16(14,15)7-3-4-10-8-13-6-5-11(10)12/h5-6,8-9H,3-4,7H2,1-2H3,(H2,12,13). The van der Waals surface area contributed by atoms with Gasteiger partial charge in [0.15, 0.2) is 9.84 Å². The summed E-state index contributed by atoms with van der Waals surface area (Å²) < 4.78 is 23.1. The highest BCUT2D eigenvalue weighted by molar-refractivity contribution is 7.91. The van der Waals surface area contributed by atoms with Gasteiger partial charge in [-0.2, -0.15) is 0 Å². The van der Waals surface area contributed by atoms with Crippen molar-refractivity contribution in [3.05, 3.63) is 24.0 Å². The van der Waals surface area contributed by atoms with Gasteiger partial charge < -0.3 is 5.73 Å². The molecule has 0 saturated heterocycles. The molecule has 0 amide bonds. The number of rotatable bonds is 5. The minimum atomic E-state index is -2.94. The lowest BCUT2D eigenvalue weighted by Crippen LogP contribution is -2.18. The van der Waals surface area contributed by atoms with Crippen LogP contribution in [-0.2, 0) is 16.3 Å². The molecule has 16 heavy (non-hydrogen) atoms. The Morgan fingerprint density at radius 3 is 2.69 bits per heavy atom. The number of aryl methyl sites for hydroxylation is 1. The Kier molecular flexibility index (Phi) is 4.29. The summed E-state index contributed by atoms with van der Waals surface area (Å²) in [5, 5.41) is -0.307. The maximum absolute atomic E-state index is 11.6. The third-order valence-electron chi connectivity index (χ3n) is 2.53. The van der Waals surface area contributed by atoms with E-state index >= 15 is 0 Å². The normalized spacial score (nSPS) is 11.9. The molecule has 4 nitrogen and oxygen atoms in total. The maximum Gasteiger partial charge on any atom is 0.152 e. The summed E-state index contributed by atoms with van der Waals surface area (Å²) in [6.07, 6.45) is 4.57. The first-order valence-corrected chi connectivity index (χ1v) is 7.05. The number of aromatic nitrogens is 1. The molecule has 1 aromatic rings. The van der Waals surface area contributed by atoms with E-state index in [1.165, 1.54) is 0 Å². The molecule has 0 bridgehead atoms. The van der Waals surface area contributed by atoms with Gasteiger partial charge in [-0.3, -0.25) is 4.98 Å². The highest BCUT2D eigenvalue weighted by Crippen LogP contribution is 2.12. The van der Waals surface area contributed by atoms with Crippen LogP contribution in [0.2, 0.25) is 0 Å². The zero-order chi connectivity index (χ0) is 12.2. The molecule has 0 fully saturated rings. The zero-order valence-corrected chi connectivity index (χ0v) is 10.5. The predicted molar refractivity (Wildman–Crippen MR) is 65.9 cm³/mol. The van der Waals surface area contributed by atoms with Gasteiger partial charge in [-0.05, 0) is 38.3 Å². The summed E-state index contributed by atoms with van der Waals surface area (Å²) in [4.78, 5) is 3.97. The van der Waals surface area contributed by atoms with Gasteiger partial charge in [-0.15, -0.1) is 0 Å². The Morgan fingerprint density at radius 1 is 1.44 bits per heavy atom. The van der Waals surface area contributed by atoms with Crippen molar-refractivity contribution in [3.63, 3.8) is 0 Å². The van der Waals surface area contributed by atoms with Gasteiger partial charge in [0.25, 0.3) is 0 Å². The van der Waals surface area contributed by atoms with Crippen LogP contribution in [0.5, 0.6) is 0 Å². The monoisotopic (exact) mass is 242 g/mol. The fraction of sp³-hybridized carbons (Fsp3) is 0.545. The summed E-state index contributed by atoms with van der Waals surface area (Å²) >= 11 is 0. The first-order chi connectivity index (χ1) is 7.43. The molecule has 0 atom stereocenters. The molecule has 1 rings (SSSR count). The molecule has 0 aliphatic carbocycles. The van der Waals surface area contributed by atoms with Crippen LogP contribution >= 0.6 is 0 Å². The number of hydrogen-bond acceptors (Lipinski definition) is 4. The van der Waals surface area contributed by atoms with E-state index in [4.69, 9.17) is 5.73 Å². The second-order valence-electron chi connectivity index (χ2n) is 4.09. The van der Waals surface area contributed by atoms with Crippen LogP contribution in [0.15, 0.2) is 18.5 Å². The van der Waals surface area contributed by atoms with Crippen molar-refractivity contribution in [2.45, 2.75) is 31.9 Å². The lowest BCUT2D eigenvalue weighted by atomic mass is 10.1. The first kappa shape index (κ1) is 13.0. The third kappa shape index (κ3) is 3.48. The van der Waals surface area contributed by atoms with E-state index in [2.05, 4.69) is 4.98 Å². The van der Waals surface area contributed by atoms with Crippen LogP contribution in [0.4, 0.5) is 5.69 Å². The molecule has 5 heteroatoms. The van der Waals surface area contributed by atoms with Gasteiger partial charge >= 0.3 is 0 Å². The number of anilines is 1. The van der Waals surface area contributed by atoms with E-state index in [0.29, 0.717) is 18.5 Å². The van der Waals surface area contributed by atoms with Gasteiger partial charge in [0, 0.05) is 18.1 Å². The van der Waals surface area contributed by atoms with Gasteiger partial charge in [0.05, 0.1) is 11.0 Å². The molecular weight excluding hydrogens is 224 g/mol. The van der Waals surface area contributed by atoms with E-state index in [-0.39, 0.29) is 11.0 Å². The van der Waals surface area contributed by atoms with E-state index in [0.717, 1.165) is 5.56 Å². The lowest BCUT2D eigenvalue weighted by Gasteiger charge is -2.08. The van der Waals surface area contributed by atoms with E-state index in [9.17, 15) is 8.42 Å². The number of pyridine rings is 1. The second kappa shape index (κ2) is 5.30. The van der Waals surface area contributed by atoms with Crippen LogP contribution < -0.4 is 5.73 Å². The predicted octanol–water partition coefficient (Wildman–Crippen LogP) is 1.42. The first-order valence-electron chi connectivity index (χ1n) is 5.33. The highest BCUT2D eigenvalue weighted by Gasteiger charge is 2.15. The smallest absolute Gasteiger partial charge is 0.152 e. The van der Waals surface area contributed by atoms with Gasteiger partial charge in [0.1, 0.15) is 0 Å². The van der Waals surface area contributed by atoms with E-state index in [1.807, 2.05) is 0 Å². The Bertz CT molecular complexity index is 441. The van der Waals surface area contributed by atoms with Crippen molar-refractivity contribution < 1.29 is 8.42 Å². The minimum Gasteiger partial charge on any atom is -0.398 e. The molecule has 0 aliphatic rings. The van der Waals surface area contributed by atoms with E-state index in [1.54, 1.807) is 32.3 Å². The average molecular weight is 242 g/mol. The van der Waals surface area contributed by atoms with Crippen LogP contribution in [0.1, 0.15) is 25.8 Å². The fourth-order valence-electron chi connectivity index (χ4n) is 1.35. The van der Waals surface area contributed by atoms with Crippen LogP contribution in [0.3, 0.4) is 0 Å². The lowest BCUT2D eigenvalue weighted by molar-refractivity contribution is 0.584. The second-order valence-corrected chi connectivity index (χ2v) is 6.77. The number of hydrogen-bond donors (Lipinski definition) is 1. The molecule has 0 aliphatic heterocycles. The Balaban J connectivity index is 2.52. The quantitative estimate of drug-likeness (QED) is 0.847. The molecule has 2 N–H and O–H groups in total. The Labute approximate surface area is 96.8 Å².